The van der Waals surface area contributed by atoms with Crippen molar-refractivity contribution in [1.82, 2.24) is 0 Å². The van der Waals surface area contributed by atoms with Crippen LogP contribution in [-0.4, -0.2) is 26.3 Å². The Balaban J connectivity index is 2.65. The van der Waals surface area contributed by atoms with Gasteiger partial charge in [0.05, 0.1) is 12.7 Å². The van der Waals surface area contributed by atoms with Crippen LogP contribution in [-0.2, 0) is 10.9 Å². The molecule has 98 valence electrons. The minimum Gasteiger partial charge on any atom is -0.486 e. The molecule has 0 bridgehead atoms. The van der Waals surface area contributed by atoms with Crippen LogP contribution in [0.4, 0.5) is 13.2 Å². The number of carbonyl (C=O) groups is 1. The van der Waals surface area contributed by atoms with Gasteiger partial charge in [-0.2, -0.15) is 13.2 Å². The first kappa shape index (κ1) is 12.5. The summed E-state index contributed by atoms with van der Waals surface area (Å²) in [7, 11) is 1.01. The largest absolute Gasteiger partial charge is 0.486 e. The topological polar surface area (TPSA) is 44.8 Å². The highest BCUT2D eigenvalue weighted by molar-refractivity contribution is 5.92. The zero-order valence-electron chi connectivity index (χ0n) is 9.34. The number of fused-ring (bicyclic) bond motifs is 1. The predicted octanol–water partition coefficient (Wildman–Crippen LogP) is 2.26. The Morgan fingerprint density at radius 1 is 1.28 bits per heavy atom. The minimum atomic E-state index is -4.73. The molecule has 7 heteroatoms. The van der Waals surface area contributed by atoms with Gasteiger partial charge in [-0.1, -0.05) is 0 Å². The molecule has 1 aromatic carbocycles. The standard InChI is InChI=1S/C11H9F3O4/c1-16-10(15)6-2-3-7-9(18-5-4-17-7)8(6)11(12,13)14/h2-3H,4-5H2,1H3. The van der Waals surface area contributed by atoms with Crippen molar-refractivity contribution in [2.75, 3.05) is 20.3 Å². The maximum atomic E-state index is 13.0. The molecule has 0 spiro atoms. The molecule has 4 nitrogen and oxygen atoms in total. The molecular weight excluding hydrogens is 253 g/mol. The third kappa shape index (κ3) is 2.07. The lowest BCUT2D eigenvalue weighted by Crippen LogP contribution is -2.22. The van der Waals surface area contributed by atoms with E-state index < -0.39 is 29.0 Å². The van der Waals surface area contributed by atoms with E-state index >= 15 is 0 Å². The van der Waals surface area contributed by atoms with Gasteiger partial charge < -0.3 is 14.2 Å². The highest BCUT2D eigenvalue weighted by Crippen LogP contribution is 2.45. The first-order valence-corrected chi connectivity index (χ1v) is 5.03. The van der Waals surface area contributed by atoms with E-state index in [-0.39, 0.29) is 19.0 Å². The summed E-state index contributed by atoms with van der Waals surface area (Å²) in [5.74, 6) is -1.56. The maximum absolute atomic E-state index is 13.0. The van der Waals surface area contributed by atoms with Crippen molar-refractivity contribution in [3.8, 4) is 11.5 Å². The van der Waals surface area contributed by atoms with Crippen molar-refractivity contribution >= 4 is 5.97 Å². The Morgan fingerprint density at radius 2 is 1.94 bits per heavy atom. The molecule has 0 atom stereocenters. The van der Waals surface area contributed by atoms with Crippen LogP contribution in [0.1, 0.15) is 15.9 Å². The lowest BCUT2D eigenvalue weighted by Gasteiger charge is -2.23. The summed E-state index contributed by atoms with van der Waals surface area (Å²) in [6.45, 7) is 0.169. The van der Waals surface area contributed by atoms with Gasteiger partial charge in [-0.05, 0) is 12.1 Å². The van der Waals surface area contributed by atoms with Gasteiger partial charge in [-0.3, -0.25) is 0 Å². The second-order valence-corrected chi connectivity index (χ2v) is 3.50. The molecule has 0 amide bonds. The third-order valence-electron chi connectivity index (χ3n) is 2.40. The Hall–Kier alpha value is -1.92. The van der Waals surface area contributed by atoms with E-state index in [2.05, 4.69) is 4.74 Å². The monoisotopic (exact) mass is 262 g/mol. The number of hydrogen-bond acceptors (Lipinski definition) is 4. The molecule has 0 aromatic heterocycles. The van der Waals surface area contributed by atoms with Crippen molar-refractivity contribution in [3.63, 3.8) is 0 Å². The SMILES string of the molecule is COC(=O)c1ccc2c(c1C(F)(F)F)OCCO2. The van der Waals surface area contributed by atoms with Crippen molar-refractivity contribution in [1.29, 1.82) is 0 Å². The third-order valence-corrected chi connectivity index (χ3v) is 2.40. The summed E-state index contributed by atoms with van der Waals surface area (Å²) in [6.07, 6.45) is -4.73. The van der Waals surface area contributed by atoms with Gasteiger partial charge in [0.1, 0.15) is 18.8 Å². The van der Waals surface area contributed by atoms with Crippen molar-refractivity contribution < 1.29 is 32.2 Å². The van der Waals surface area contributed by atoms with Crippen molar-refractivity contribution in [2.24, 2.45) is 0 Å². The fourth-order valence-electron chi connectivity index (χ4n) is 1.68. The number of alkyl halides is 3. The molecule has 18 heavy (non-hydrogen) atoms. The average Bonchev–Trinajstić information content (AvgIpc) is 2.35. The molecule has 1 aliphatic heterocycles. The van der Waals surface area contributed by atoms with Crippen LogP contribution in [0.2, 0.25) is 0 Å². The molecule has 1 aliphatic rings. The zero-order valence-corrected chi connectivity index (χ0v) is 9.34. The number of methoxy groups -OCH3 is 1. The van der Waals surface area contributed by atoms with Crippen molar-refractivity contribution in [3.05, 3.63) is 23.3 Å². The van der Waals surface area contributed by atoms with Gasteiger partial charge in [0, 0.05) is 0 Å². The zero-order chi connectivity index (χ0) is 13.3. The van der Waals surface area contributed by atoms with E-state index in [1.54, 1.807) is 0 Å². The number of hydrogen-bond donors (Lipinski definition) is 0. The number of carbonyl (C=O) groups excluding carboxylic acids is 1. The van der Waals surface area contributed by atoms with E-state index in [1.807, 2.05) is 0 Å². The van der Waals surface area contributed by atoms with Crippen LogP contribution >= 0.6 is 0 Å². The number of rotatable bonds is 1. The van der Waals surface area contributed by atoms with E-state index in [4.69, 9.17) is 9.47 Å². The Bertz CT molecular complexity index is 482. The van der Waals surface area contributed by atoms with E-state index in [0.717, 1.165) is 13.2 Å². The normalized spacial score (nSPS) is 14.2. The molecule has 0 saturated carbocycles. The van der Waals surface area contributed by atoms with Gasteiger partial charge in [0.15, 0.2) is 11.5 Å². The molecule has 0 aliphatic carbocycles. The number of benzene rings is 1. The van der Waals surface area contributed by atoms with Crippen LogP contribution in [0.3, 0.4) is 0 Å². The molecule has 1 aromatic rings. The van der Waals surface area contributed by atoms with Gasteiger partial charge in [-0.15, -0.1) is 0 Å². The highest BCUT2D eigenvalue weighted by Gasteiger charge is 2.41. The van der Waals surface area contributed by atoms with E-state index in [0.29, 0.717) is 0 Å². The molecule has 0 radical (unpaired) electrons. The van der Waals surface area contributed by atoms with Gasteiger partial charge in [-0.25, -0.2) is 4.79 Å². The molecular formula is C11H9F3O4. The van der Waals surface area contributed by atoms with Crippen LogP contribution < -0.4 is 9.47 Å². The van der Waals surface area contributed by atoms with Crippen LogP contribution in [0, 0.1) is 0 Å². The fourth-order valence-corrected chi connectivity index (χ4v) is 1.68. The lowest BCUT2D eigenvalue weighted by molar-refractivity contribution is -0.140. The van der Waals surface area contributed by atoms with Crippen LogP contribution in [0.25, 0.3) is 0 Å². The molecule has 0 saturated heterocycles. The predicted molar refractivity (Wildman–Crippen MR) is 53.8 cm³/mol. The summed E-state index contributed by atoms with van der Waals surface area (Å²) in [5.41, 5.74) is -1.75. The smallest absolute Gasteiger partial charge is 0.420 e. The Morgan fingerprint density at radius 3 is 2.56 bits per heavy atom. The summed E-state index contributed by atoms with van der Waals surface area (Å²) in [6, 6.07) is 2.28. The second-order valence-electron chi connectivity index (χ2n) is 3.50. The quantitative estimate of drug-likeness (QED) is 0.728. The van der Waals surface area contributed by atoms with Gasteiger partial charge >= 0.3 is 12.1 Å². The summed E-state index contributed by atoms with van der Waals surface area (Å²) in [5, 5.41) is 0. The number of esters is 1. The molecule has 0 fully saturated rings. The average molecular weight is 262 g/mol. The highest BCUT2D eigenvalue weighted by atomic mass is 19.4. The lowest BCUT2D eigenvalue weighted by atomic mass is 10.0. The Kier molecular flexibility index (Phi) is 3.06. The second kappa shape index (κ2) is 4.40. The number of ether oxygens (including phenoxy) is 3. The maximum Gasteiger partial charge on any atom is 0.420 e. The fraction of sp³-hybridized carbons (Fsp3) is 0.364. The summed E-state index contributed by atoms with van der Waals surface area (Å²) >= 11 is 0. The molecule has 1 heterocycles. The minimum absolute atomic E-state index is 0.000700. The first-order chi connectivity index (χ1) is 8.45. The van der Waals surface area contributed by atoms with Crippen molar-refractivity contribution in [2.45, 2.75) is 6.18 Å². The van der Waals surface area contributed by atoms with E-state index in [1.165, 1.54) is 6.07 Å². The summed E-state index contributed by atoms with van der Waals surface area (Å²) < 4.78 is 53.3. The van der Waals surface area contributed by atoms with Gasteiger partial charge in [0.2, 0.25) is 0 Å². The molecule has 0 N–H and O–H groups in total. The number of halogens is 3. The first-order valence-electron chi connectivity index (χ1n) is 5.03. The van der Waals surface area contributed by atoms with Crippen LogP contribution in [0.5, 0.6) is 11.5 Å². The summed E-state index contributed by atoms with van der Waals surface area (Å²) in [4.78, 5) is 11.3. The molecule has 2 rings (SSSR count). The van der Waals surface area contributed by atoms with Gasteiger partial charge in [0.25, 0.3) is 0 Å². The molecule has 0 unspecified atom stereocenters. The van der Waals surface area contributed by atoms with Crippen LogP contribution in [0.15, 0.2) is 12.1 Å². The van der Waals surface area contributed by atoms with E-state index in [9.17, 15) is 18.0 Å². The Labute approximate surface area is 100 Å².